The topological polar surface area (TPSA) is 26.9 Å². The van der Waals surface area contributed by atoms with E-state index in [0.29, 0.717) is 4.73 Å². The average molecular weight is 112 g/mol. The highest BCUT2D eigenvalue weighted by Crippen LogP contribution is 1.85. The van der Waals surface area contributed by atoms with Gasteiger partial charge >= 0.3 is 0 Å². The zero-order valence-electron chi connectivity index (χ0n) is 3.97. The molecule has 0 amide bonds. The van der Waals surface area contributed by atoms with E-state index in [2.05, 4.69) is 6.07 Å². The third kappa shape index (κ3) is 0.932. The van der Waals surface area contributed by atoms with Gasteiger partial charge in [-0.1, -0.05) is 0 Å². The maximum absolute atomic E-state index is 11.9. The van der Waals surface area contributed by atoms with Gasteiger partial charge in [-0.15, -0.1) is 0 Å². The molecule has 0 bridgehead atoms. The van der Waals surface area contributed by atoms with Gasteiger partial charge in [0.2, 0.25) is 6.20 Å². The van der Waals surface area contributed by atoms with E-state index in [1.54, 1.807) is 0 Å². The number of aromatic nitrogens is 1. The number of rotatable bonds is 0. The molecule has 41 valence electrons. The van der Waals surface area contributed by atoms with Gasteiger partial charge in [0.1, 0.15) is 0 Å². The van der Waals surface area contributed by atoms with Crippen LogP contribution in [0.2, 0.25) is 0 Å². The summed E-state index contributed by atoms with van der Waals surface area (Å²) in [4.78, 5) is 0. The molecular formula is C5H3FNO. The van der Waals surface area contributed by atoms with Crippen LogP contribution < -0.4 is 4.73 Å². The minimum atomic E-state index is -0.567. The Morgan fingerprint density at radius 1 is 1.75 bits per heavy atom. The van der Waals surface area contributed by atoms with Crippen molar-refractivity contribution >= 4 is 0 Å². The Morgan fingerprint density at radius 3 is 2.88 bits per heavy atom. The predicted octanol–water partition coefficient (Wildman–Crippen LogP) is 0.259. The molecule has 1 radical (unpaired) electrons. The summed E-state index contributed by atoms with van der Waals surface area (Å²) in [6.07, 6.45) is 1.93. The molecule has 0 N–H and O–H groups in total. The molecule has 1 rings (SSSR count). The van der Waals surface area contributed by atoms with Crippen LogP contribution in [0.25, 0.3) is 0 Å². The molecule has 8 heavy (non-hydrogen) atoms. The Morgan fingerprint density at radius 2 is 2.50 bits per heavy atom. The molecule has 1 aromatic rings. The van der Waals surface area contributed by atoms with Crippen LogP contribution >= 0.6 is 0 Å². The van der Waals surface area contributed by atoms with Crippen molar-refractivity contribution in [1.82, 2.24) is 0 Å². The van der Waals surface area contributed by atoms with Gasteiger partial charge in [0, 0.05) is 0 Å². The molecule has 0 fully saturated rings. The van der Waals surface area contributed by atoms with Crippen LogP contribution in [0.15, 0.2) is 18.5 Å². The molecule has 0 saturated carbocycles. The fourth-order valence-corrected chi connectivity index (χ4v) is 0.386. The van der Waals surface area contributed by atoms with Crippen LogP contribution in [-0.2, 0) is 0 Å². The summed E-state index contributed by atoms with van der Waals surface area (Å²) < 4.78 is 12.3. The van der Waals surface area contributed by atoms with Crippen molar-refractivity contribution in [3.63, 3.8) is 0 Å². The first-order chi connectivity index (χ1) is 3.79. The van der Waals surface area contributed by atoms with E-state index in [0.717, 1.165) is 18.5 Å². The summed E-state index contributed by atoms with van der Waals surface area (Å²) in [5, 5.41) is 10.1. The monoisotopic (exact) mass is 112 g/mol. The highest BCUT2D eigenvalue weighted by molar-refractivity contribution is 4.86. The number of nitrogens with zero attached hydrogens (tertiary/aromatic N) is 1. The quantitative estimate of drug-likeness (QED) is 0.349. The van der Waals surface area contributed by atoms with Crippen molar-refractivity contribution in [1.29, 1.82) is 0 Å². The molecule has 0 aromatic carbocycles. The zero-order chi connectivity index (χ0) is 5.98. The van der Waals surface area contributed by atoms with Gasteiger partial charge in [0.25, 0.3) is 0 Å². The van der Waals surface area contributed by atoms with E-state index >= 15 is 0 Å². The zero-order valence-corrected chi connectivity index (χ0v) is 3.97. The van der Waals surface area contributed by atoms with E-state index in [1.165, 1.54) is 0 Å². The molecule has 1 aromatic heterocycles. The maximum Gasteiger partial charge on any atom is 0.216 e. The summed E-state index contributed by atoms with van der Waals surface area (Å²) in [5.41, 5.74) is 0. The Kier molecular flexibility index (Phi) is 1.12. The minimum Gasteiger partial charge on any atom is -0.619 e. The van der Waals surface area contributed by atoms with Crippen LogP contribution in [0.4, 0.5) is 4.39 Å². The maximum atomic E-state index is 11.9. The Balaban J connectivity index is 3.08. The van der Waals surface area contributed by atoms with Crippen molar-refractivity contribution in [2.75, 3.05) is 0 Å². The summed E-state index contributed by atoms with van der Waals surface area (Å²) in [6, 6.07) is 3.40. The summed E-state index contributed by atoms with van der Waals surface area (Å²) in [5.74, 6) is -0.567. The molecule has 2 nitrogen and oxygen atoms in total. The Labute approximate surface area is 45.8 Å². The summed E-state index contributed by atoms with van der Waals surface area (Å²) in [6.45, 7) is 0. The highest BCUT2D eigenvalue weighted by atomic mass is 19.1. The lowest BCUT2D eigenvalue weighted by molar-refractivity contribution is -0.607. The second-order valence-electron chi connectivity index (χ2n) is 1.31. The molecule has 0 aliphatic heterocycles. The van der Waals surface area contributed by atoms with E-state index < -0.39 is 5.82 Å². The summed E-state index contributed by atoms with van der Waals surface area (Å²) in [7, 11) is 0. The lowest BCUT2D eigenvalue weighted by atomic mass is 10.5. The highest BCUT2D eigenvalue weighted by Gasteiger charge is 1.90. The molecule has 0 unspecified atom stereocenters. The molecule has 0 atom stereocenters. The van der Waals surface area contributed by atoms with Crippen LogP contribution in [0.3, 0.4) is 0 Å². The van der Waals surface area contributed by atoms with Gasteiger partial charge in [-0.2, -0.15) is 4.73 Å². The Hall–Kier alpha value is -1.12. The van der Waals surface area contributed by atoms with Crippen molar-refractivity contribution in [3.8, 4) is 0 Å². The minimum absolute atomic E-state index is 0.356. The number of hydrogen-bond acceptors (Lipinski definition) is 1. The first kappa shape index (κ1) is 5.03. The van der Waals surface area contributed by atoms with Crippen molar-refractivity contribution in [2.24, 2.45) is 0 Å². The SMILES string of the molecule is [O-][n+]1c[c]cc(F)c1. The van der Waals surface area contributed by atoms with Crippen LogP contribution in [-0.4, -0.2) is 0 Å². The molecule has 0 spiro atoms. The molecule has 1 heterocycles. The van der Waals surface area contributed by atoms with Crippen LogP contribution in [0.5, 0.6) is 0 Å². The number of pyridine rings is 1. The fraction of sp³-hybridized carbons (Fsp3) is 0. The second kappa shape index (κ2) is 1.78. The fourth-order valence-electron chi connectivity index (χ4n) is 0.386. The van der Waals surface area contributed by atoms with Crippen molar-refractivity contribution in [3.05, 3.63) is 35.6 Å². The first-order valence-corrected chi connectivity index (χ1v) is 2.04. The lowest BCUT2D eigenvalue weighted by Gasteiger charge is -1.90. The normalized spacial score (nSPS) is 9.12. The third-order valence-electron chi connectivity index (χ3n) is 0.674. The number of halogens is 1. The molecule has 0 aliphatic rings. The van der Waals surface area contributed by atoms with Crippen LogP contribution in [0.1, 0.15) is 0 Å². The lowest BCUT2D eigenvalue weighted by Crippen LogP contribution is -2.24. The van der Waals surface area contributed by atoms with Gasteiger partial charge in [-0.05, 0) is 6.07 Å². The van der Waals surface area contributed by atoms with Gasteiger partial charge in [-0.25, -0.2) is 4.39 Å². The molecular weight excluding hydrogens is 109 g/mol. The smallest absolute Gasteiger partial charge is 0.216 e. The van der Waals surface area contributed by atoms with E-state index in [9.17, 15) is 9.60 Å². The average Bonchev–Trinajstić information content (AvgIpc) is 1.64. The molecule has 0 aliphatic carbocycles. The van der Waals surface area contributed by atoms with Gasteiger partial charge in [-0.3, -0.25) is 0 Å². The predicted molar refractivity (Wildman–Crippen MR) is 24.2 cm³/mol. The third-order valence-corrected chi connectivity index (χ3v) is 0.674. The van der Waals surface area contributed by atoms with E-state index in [-0.39, 0.29) is 0 Å². The van der Waals surface area contributed by atoms with Gasteiger partial charge < -0.3 is 5.21 Å². The van der Waals surface area contributed by atoms with Gasteiger partial charge in [0.15, 0.2) is 12.0 Å². The molecule has 0 saturated heterocycles. The van der Waals surface area contributed by atoms with E-state index in [4.69, 9.17) is 0 Å². The largest absolute Gasteiger partial charge is 0.619 e. The van der Waals surface area contributed by atoms with Crippen molar-refractivity contribution in [2.45, 2.75) is 0 Å². The van der Waals surface area contributed by atoms with Crippen LogP contribution in [0, 0.1) is 17.1 Å². The van der Waals surface area contributed by atoms with E-state index in [1.807, 2.05) is 0 Å². The Bertz CT molecular complexity index is 172. The number of hydrogen-bond donors (Lipinski definition) is 0. The standard InChI is InChI=1S/C5H3FNO/c6-5-2-1-3-7(8)4-5/h2-4H. The second-order valence-corrected chi connectivity index (χ2v) is 1.31. The summed E-state index contributed by atoms with van der Waals surface area (Å²) >= 11 is 0. The molecule has 3 heteroatoms. The van der Waals surface area contributed by atoms with Crippen molar-refractivity contribution < 1.29 is 9.12 Å². The van der Waals surface area contributed by atoms with Gasteiger partial charge in [0.05, 0.1) is 6.07 Å². The first-order valence-electron chi connectivity index (χ1n) is 2.04.